The number of hydrogen-bond acceptors (Lipinski definition) is 5. The number of esters is 2. The van der Waals surface area contributed by atoms with E-state index in [0.717, 1.165) is 14.9 Å². The van der Waals surface area contributed by atoms with Gasteiger partial charge in [0.05, 0.1) is 16.5 Å². The molecule has 0 N–H and O–H groups in total. The summed E-state index contributed by atoms with van der Waals surface area (Å²) in [4.78, 5) is 22.9. The number of carbonyl (C=O) groups is 2. The number of halogens is 1. The van der Waals surface area contributed by atoms with Crippen LogP contribution in [0.3, 0.4) is 0 Å². The summed E-state index contributed by atoms with van der Waals surface area (Å²) in [6.45, 7) is 0.243. The summed E-state index contributed by atoms with van der Waals surface area (Å²) in [6.07, 6.45) is 2.99. The summed E-state index contributed by atoms with van der Waals surface area (Å²) in [7, 11) is 1.33. The quantitative estimate of drug-likeness (QED) is 0.579. The number of hydrogen-bond donors (Lipinski definition) is 0. The summed E-state index contributed by atoms with van der Waals surface area (Å²) >= 11 is 4.89. The second kappa shape index (κ2) is 7.91. The van der Waals surface area contributed by atoms with Crippen LogP contribution < -0.4 is 0 Å². The van der Waals surface area contributed by atoms with E-state index in [9.17, 15) is 9.59 Å². The zero-order valence-corrected chi connectivity index (χ0v) is 14.1. The lowest BCUT2D eigenvalue weighted by molar-refractivity contribution is -0.138. The van der Waals surface area contributed by atoms with Crippen molar-refractivity contribution in [2.24, 2.45) is 0 Å². The molecule has 22 heavy (non-hydrogen) atoms. The fraction of sp³-hybridized carbons (Fsp3) is 0.125. The highest BCUT2D eigenvalue weighted by molar-refractivity contribution is 9.11. The average molecular weight is 381 g/mol. The normalized spacial score (nSPS) is 10.6. The molecule has 0 bridgehead atoms. The van der Waals surface area contributed by atoms with Gasteiger partial charge >= 0.3 is 11.9 Å². The molecule has 0 fully saturated rings. The van der Waals surface area contributed by atoms with Crippen LogP contribution in [-0.4, -0.2) is 19.0 Å². The second-order valence-electron chi connectivity index (χ2n) is 4.31. The van der Waals surface area contributed by atoms with Gasteiger partial charge in [-0.2, -0.15) is 0 Å². The van der Waals surface area contributed by atoms with Crippen molar-refractivity contribution in [3.05, 3.63) is 62.3 Å². The molecule has 0 saturated carbocycles. The van der Waals surface area contributed by atoms with Crippen LogP contribution in [0.2, 0.25) is 0 Å². The molecular weight excluding hydrogens is 368 g/mol. The Hall–Kier alpha value is -1.92. The molecule has 114 valence electrons. The minimum absolute atomic E-state index is 0.243. The topological polar surface area (TPSA) is 52.6 Å². The highest BCUT2D eigenvalue weighted by atomic mass is 79.9. The first-order chi connectivity index (χ1) is 10.6. The molecule has 1 heterocycles. The van der Waals surface area contributed by atoms with Crippen molar-refractivity contribution in [2.45, 2.75) is 6.61 Å². The molecule has 1 aromatic carbocycles. The second-order valence-corrected chi connectivity index (χ2v) is 6.60. The Bertz CT molecular complexity index is 688. The fourth-order valence-corrected chi connectivity index (χ4v) is 2.83. The standard InChI is InChI=1S/C16H13BrO4S/c1-20-16(19)13-5-2-11(3-6-13)4-7-15(18)21-9-12-8-14(17)22-10-12/h2-8,10H,9H2,1H3. The molecule has 0 aliphatic rings. The van der Waals surface area contributed by atoms with Gasteiger partial charge in [-0.05, 0) is 51.1 Å². The Morgan fingerprint density at radius 2 is 2.00 bits per heavy atom. The first-order valence-electron chi connectivity index (χ1n) is 6.34. The third-order valence-electron chi connectivity index (χ3n) is 2.75. The molecule has 6 heteroatoms. The first kappa shape index (κ1) is 16.5. The predicted molar refractivity (Wildman–Crippen MR) is 88.6 cm³/mol. The van der Waals surface area contributed by atoms with Gasteiger partial charge < -0.3 is 9.47 Å². The van der Waals surface area contributed by atoms with Gasteiger partial charge in [-0.15, -0.1) is 11.3 Å². The lowest BCUT2D eigenvalue weighted by Gasteiger charge is -2.00. The summed E-state index contributed by atoms with van der Waals surface area (Å²) < 4.78 is 10.7. The van der Waals surface area contributed by atoms with Gasteiger partial charge in [0.25, 0.3) is 0 Å². The van der Waals surface area contributed by atoms with Gasteiger partial charge in [0.2, 0.25) is 0 Å². The summed E-state index contributed by atoms with van der Waals surface area (Å²) in [5, 5.41) is 1.92. The first-order valence-corrected chi connectivity index (χ1v) is 8.02. The van der Waals surface area contributed by atoms with Crippen molar-refractivity contribution in [1.29, 1.82) is 0 Å². The van der Waals surface area contributed by atoms with Crippen LogP contribution in [0.15, 0.2) is 45.6 Å². The maximum Gasteiger partial charge on any atom is 0.337 e. The predicted octanol–water partition coefficient (Wildman–Crippen LogP) is 4.05. The smallest absolute Gasteiger partial charge is 0.337 e. The maximum absolute atomic E-state index is 11.6. The highest BCUT2D eigenvalue weighted by Gasteiger charge is 2.04. The van der Waals surface area contributed by atoms with Crippen LogP contribution >= 0.6 is 27.3 Å². The Labute approximate surface area is 140 Å². The van der Waals surface area contributed by atoms with E-state index in [4.69, 9.17) is 4.74 Å². The van der Waals surface area contributed by atoms with Crippen LogP contribution in [0.4, 0.5) is 0 Å². The number of methoxy groups -OCH3 is 1. The molecule has 2 rings (SSSR count). The molecule has 0 aliphatic carbocycles. The lowest BCUT2D eigenvalue weighted by atomic mass is 10.1. The van der Waals surface area contributed by atoms with E-state index in [0.29, 0.717) is 5.56 Å². The third kappa shape index (κ3) is 4.82. The molecule has 0 unspecified atom stereocenters. The SMILES string of the molecule is COC(=O)c1ccc(C=CC(=O)OCc2csc(Br)c2)cc1. The number of ether oxygens (including phenoxy) is 2. The molecular formula is C16H13BrO4S. The summed E-state index contributed by atoms with van der Waals surface area (Å²) in [5.41, 5.74) is 2.20. The van der Waals surface area contributed by atoms with Crippen LogP contribution in [0.25, 0.3) is 6.08 Å². The number of thiophene rings is 1. The Kier molecular flexibility index (Phi) is 5.91. The van der Waals surface area contributed by atoms with Gasteiger partial charge in [0, 0.05) is 11.6 Å². The van der Waals surface area contributed by atoms with Gasteiger partial charge in [-0.25, -0.2) is 9.59 Å². The van der Waals surface area contributed by atoms with Gasteiger partial charge in [0.15, 0.2) is 0 Å². The van der Waals surface area contributed by atoms with E-state index in [1.807, 2.05) is 11.4 Å². The number of rotatable bonds is 5. The minimum Gasteiger partial charge on any atom is -0.465 e. The van der Waals surface area contributed by atoms with E-state index in [1.165, 1.54) is 13.2 Å². The Balaban J connectivity index is 1.88. The van der Waals surface area contributed by atoms with E-state index in [1.54, 1.807) is 41.7 Å². The number of benzene rings is 1. The zero-order valence-electron chi connectivity index (χ0n) is 11.7. The fourth-order valence-electron chi connectivity index (χ4n) is 1.64. The summed E-state index contributed by atoms with van der Waals surface area (Å²) in [6, 6.07) is 8.64. The Morgan fingerprint density at radius 3 is 2.59 bits per heavy atom. The molecule has 0 amide bonds. The molecule has 0 aliphatic heterocycles. The largest absolute Gasteiger partial charge is 0.465 e. The molecule has 0 saturated heterocycles. The molecule has 4 nitrogen and oxygen atoms in total. The van der Waals surface area contributed by atoms with Gasteiger partial charge in [-0.3, -0.25) is 0 Å². The molecule has 2 aromatic rings. The van der Waals surface area contributed by atoms with Crippen LogP contribution in [-0.2, 0) is 20.9 Å². The van der Waals surface area contributed by atoms with Crippen molar-refractivity contribution >= 4 is 45.3 Å². The lowest BCUT2D eigenvalue weighted by Crippen LogP contribution is -2.01. The molecule has 0 atom stereocenters. The van der Waals surface area contributed by atoms with Crippen LogP contribution in [0.1, 0.15) is 21.5 Å². The highest BCUT2D eigenvalue weighted by Crippen LogP contribution is 2.21. The Morgan fingerprint density at radius 1 is 1.27 bits per heavy atom. The number of carbonyl (C=O) groups excluding carboxylic acids is 2. The van der Waals surface area contributed by atoms with E-state index in [-0.39, 0.29) is 6.61 Å². The zero-order chi connectivity index (χ0) is 15.9. The van der Waals surface area contributed by atoms with Crippen molar-refractivity contribution in [3.63, 3.8) is 0 Å². The van der Waals surface area contributed by atoms with Crippen LogP contribution in [0, 0.1) is 0 Å². The molecule has 0 spiro atoms. The van der Waals surface area contributed by atoms with E-state index in [2.05, 4.69) is 20.7 Å². The molecule has 0 radical (unpaired) electrons. The maximum atomic E-state index is 11.6. The van der Waals surface area contributed by atoms with Crippen molar-refractivity contribution in [2.75, 3.05) is 7.11 Å². The summed E-state index contributed by atoms with van der Waals surface area (Å²) in [5.74, 6) is -0.809. The van der Waals surface area contributed by atoms with Crippen molar-refractivity contribution in [1.82, 2.24) is 0 Å². The van der Waals surface area contributed by atoms with Crippen molar-refractivity contribution in [3.8, 4) is 0 Å². The molecule has 1 aromatic heterocycles. The third-order valence-corrected chi connectivity index (χ3v) is 4.30. The van der Waals surface area contributed by atoms with Crippen molar-refractivity contribution < 1.29 is 19.1 Å². The van der Waals surface area contributed by atoms with E-state index < -0.39 is 11.9 Å². The average Bonchev–Trinajstić information content (AvgIpc) is 2.96. The minimum atomic E-state index is -0.417. The van der Waals surface area contributed by atoms with Gasteiger partial charge in [-0.1, -0.05) is 12.1 Å². The van der Waals surface area contributed by atoms with E-state index >= 15 is 0 Å². The monoisotopic (exact) mass is 380 g/mol. The van der Waals surface area contributed by atoms with Crippen LogP contribution in [0.5, 0.6) is 0 Å². The van der Waals surface area contributed by atoms with Gasteiger partial charge in [0.1, 0.15) is 6.61 Å².